The molecule has 1 aliphatic carbocycles. The molecule has 10 aromatic rings. The molecule has 13 rings (SSSR count). The maximum atomic E-state index is 16.2. The van der Waals surface area contributed by atoms with Crippen LogP contribution in [0.4, 0.5) is 16.4 Å². The molecule has 120 heavy (non-hydrogen) atoms. The molecular formula is C88H100N14O16P2. The lowest BCUT2D eigenvalue weighted by molar-refractivity contribution is -0.119. The summed E-state index contributed by atoms with van der Waals surface area (Å²) in [6, 6.07) is 51.9. The number of rotatable bonds is 41. The number of benzene rings is 6. The lowest BCUT2D eigenvalue weighted by Gasteiger charge is -2.37. The molecule has 2 N–H and O–H groups in total. The zero-order chi connectivity index (χ0) is 84.5. The van der Waals surface area contributed by atoms with Gasteiger partial charge >= 0.3 is 13.9 Å². The van der Waals surface area contributed by atoms with Crippen molar-refractivity contribution in [2.45, 2.75) is 166 Å². The highest BCUT2D eigenvalue weighted by Gasteiger charge is 2.49. The second-order valence-corrected chi connectivity index (χ2v) is 33.5. The number of hydrogen-bond acceptors (Lipinski definition) is 25. The van der Waals surface area contributed by atoms with Crippen LogP contribution in [0.25, 0.3) is 33.5 Å². The van der Waals surface area contributed by atoms with Gasteiger partial charge in [0.05, 0.1) is 84.4 Å². The highest BCUT2D eigenvalue weighted by Crippen LogP contribution is 2.56. The van der Waals surface area contributed by atoms with Crippen molar-refractivity contribution in [3.05, 3.63) is 216 Å². The van der Waals surface area contributed by atoms with Gasteiger partial charge in [-0.2, -0.15) is 10.5 Å². The van der Waals surface area contributed by atoms with Crippen molar-refractivity contribution in [2.24, 2.45) is 5.92 Å². The lowest BCUT2D eigenvalue weighted by Crippen LogP contribution is -2.38. The third-order valence-corrected chi connectivity index (χ3v) is 24.9. The monoisotopic (exact) mass is 1670 g/mol. The molecule has 6 aromatic carbocycles. The lowest BCUT2D eigenvalue weighted by atomic mass is 9.80. The van der Waals surface area contributed by atoms with E-state index in [1.54, 1.807) is 42.5 Å². The SMILES string of the molecule is COc1ccc(C(OC[C@H]2O[C@@H](n3cnc4c(NC(=O)c5ccc(CCC(=O)CCC(C)C)cc5)ncnc43)CC2O[P@@](=O)(OCCC#N)OCC2OC(n3cnc4c(NC(=O)CCCN(C)C(=O)OCC5c6ccccc6-c6ccccc65)ncnc43)CC2OP(OCCC#N)N(C(C)C)C(C)C)(c2ccccc2)c2ccc(OC)cc2)cc1. The van der Waals surface area contributed by atoms with Gasteiger partial charge in [-0.3, -0.25) is 37.1 Å². The van der Waals surface area contributed by atoms with Crippen LogP contribution in [0.15, 0.2) is 177 Å². The number of phosphoric ester groups is 1. The Hall–Kier alpha value is -10.8. The quantitative estimate of drug-likeness (QED) is 0.0204. The summed E-state index contributed by atoms with van der Waals surface area (Å²) in [5, 5.41) is 25.5. The molecule has 0 saturated carbocycles. The number of fused-ring (bicyclic) bond motifs is 5. The first-order valence-corrected chi connectivity index (χ1v) is 42.9. The number of methoxy groups -OCH3 is 2. The molecule has 0 bridgehead atoms. The van der Waals surface area contributed by atoms with Crippen LogP contribution in [-0.4, -0.2) is 170 Å². The van der Waals surface area contributed by atoms with Crippen molar-refractivity contribution in [2.75, 3.05) is 71.5 Å². The van der Waals surface area contributed by atoms with E-state index in [0.29, 0.717) is 59.8 Å². The Bertz CT molecular complexity index is 5200. The molecule has 2 fully saturated rings. The Morgan fingerprint density at radius 3 is 1.75 bits per heavy atom. The van der Waals surface area contributed by atoms with Gasteiger partial charge in [-0.25, -0.2) is 43.9 Å². The van der Waals surface area contributed by atoms with Crippen molar-refractivity contribution >= 4 is 74.0 Å². The van der Waals surface area contributed by atoms with Crippen LogP contribution in [0.3, 0.4) is 0 Å². The van der Waals surface area contributed by atoms with E-state index in [4.69, 9.17) is 61.0 Å². The summed E-state index contributed by atoms with van der Waals surface area (Å²) in [7, 11) is -2.07. The highest BCUT2D eigenvalue weighted by atomic mass is 31.2. The number of ether oxygens (including phenoxy) is 6. The molecule has 5 unspecified atom stereocenters. The molecule has 3 aliphatic rings. The zero-order valence-electron chi connectivity index (χ0n) is 68.6. The van der Waals surface area contributed by atoms with E-state index in [1.807, 2.05) is 143 Å². The number of phosphoric acid groups is 1. The summed E-state index contributed by atoms with van der Waals surface area (Å²) in [6.07, 6.45) is 1.30. The van der Waals surface area contributed by atoms with E-state index < -0.39 is 84.0 Å². The van der Waals surface area contributed by atoms with E-state index in [-0.39, 0.29) is 122 Å². The van der Waals surface area contributed by atoms with Gasteiger partial charge in [0.2, 0.25) is 5.91 Å². The predicted molar refractivity (Wildman–Crippen MR) is 448 cm³/mol. The smallest absolute Gasteiger partial charge is 0.475 e. The Morgan fingerprint density at radius 2 is 1.18 bits per heavy atom. The summed E-state index contributed by atoms with van der Waals surface area (Å²) in [6.45, 7) is 11.5. The normalized spacial score (nSPS) is 17.9. The third kappa shape index (κ3) is 20.6. The molecule has 628 valence electrons. The van der Waals surface area contributed by atoms with Crippen molar-refractivity contribution in [1.82, 2.24) is 48.6 Å². The number of carbonyl (C=O) groups is 4. The Kier molecular flexibility index (Phi) is 29.4. The molecule has 2 aliphatic heterocycles. The number of nitrogens with one attached hydrogen (secondary N) is 2. The Morgan fingerprint density at radius 1 is 0.625 bits per heavy atom. The maximum Gasteiger partial charge on any atom is 0.475 e. The number of anilines is 2. The topological polar surface area (TPSA) is 352 Å². The number of hydrogen-bond donors (Lipinski definition) is 2. The van der Waals surface area contributed by atoms with E-state index in [1.165, 1.54) is 30.2 Å². The Balaban J connectivity index is 0.772. The average molecular weight is 1670 g/mol. The summed E-state index contributed by atoms with van der Waals surface area (Å²) in [5.74, 6) is 1.10. The average Bonchev–Trinajstić information content (AvgIpc) is 0.774. The summed E-state index contributed by atoms with van der Waals surface area (Å²) < 4.78 is 93.4. The summed E-state index contributed by atoms with van der Waals surface area (Å²) >= 11 is 0. The second-order valence-electron chi connectivity index (χ2n) is 30.5. The standard InChI is InChI=1S/C88H100N14O16P2/c1-57(2)27-37-65(103)38-30-60-28-31-61(32-29-60)86(105)98-83-81-85(94-54-92-83)101(56-96-81)79-49-74(75(115-79)51-111-88(62-20-11-10-12-21-62,63-33-39-66(108-8)40-34-63)64-35-41-67(109-9)42-36-64)118-120(107,113-47-19-44-90)114-52-76-73(117-119(112-46-18-43-89)102(58(3)4)59(5)6)48-78(116-76)100-55-95-80-82(91-53-93-84(80)100)97-77(104)26-17-45-99(7)87(106)110-50-72-70-24-15-13-22-68(70)69-23-14-16-25-71(69)72/h10-16,20-25,28-29,31-36,39-42,53-59,72-76,78-79H,17-19,26-27,30,37-38,45-52H2,1-9H3,(H,91,93,97,104)(H,92,94,98,105)/t73?,74?,75-,76?,78?,79-,119?,120+/m1/s1. The second kappa shape index (κ2) is 40.5. The summed E-state index contributed by atoms with van der Waals surface area (Å²) in [5.41, 5.74) is 7.45. The number of ketones is 1. The van der Waals surface area contributed by atoms with E-state index >= 15 is 4.57 Å². The fraction of sp³-hybridized carbons (Fsp3) is 0.409. The van der Waals surface area contributed by atoms with Gasteiger partial charge in [0.15, 0.2) is 34.0 Å². The van der Waals surface area contributed by atoms with Crippen molar-refractivity contribution in [1.29, 1.82) is 10.5 Å². The van der Waals surface area contributed by atoms with Gasteiger partial charge in [-0.05, 0) is 134 Å². The largest absolute Gasteiger partial charge is 0.497 e. The number of Topliss-reactive ketones (excluding diaryl/α,β-unsaturated/α-hetero) is 1. The van der Waals surface area contributed by atoms with Gasteiger partial charge in [0.25, 0.3) is 14.4 Å². The maximum absolute atomic E-state index is 16.2. The molecule has 6 heterocycles. The minimum atomic E-state index is -4.93. The number of nitrogens with zero attached hydrogens (tertiary/aromatic N) is 12. The van der Waals surface area contributed by atoms with Crippen LogP contribution in [0.1, 0.15) is 161 Å². The van der Waals surface area contributed by atoms with Crippen LogP contribution in [0.2, 0.25) is 0 Å². The number of nitriles is 2. The van der Waals surface area contributed by atoms with E-state index in [9.17, 15) is 29.7 Å². The van der Waals surface area contributed by atoms with Gasteiger partial charge < -0.3 is 53.0 Å². The van der Waals surface area contributed by atoms with Crippen LogP contribution in [0.5, 0.6) is 11.5 Å². The number of aromatic nitrogens is 8. The fourth-order valence-corrected chi connectivity index (χ4v) is 18.4. The first kappa shape index (κ1) is 87.0. The molecule has 3 amide bonds. The Labute approximate surface area is 698 Å². The van der Waals surface area contributed by atoms with Gasteiger partial charge in [0, 0.05) is 69.3 Å². The minimum Gasteiger partial charge on any atom is -0.497 e. The van der Waals surface area contributed by atoms with E-state index in [2.05, 4.69) is 85.5 Å². The molecule has 32 heteroatoms. The van der Waals surface area contributed by atoms with E-state index in [0.717, 1.165) is 39.8 Å². The molecule has 0 spiro atoms. The first-order valence-electron chi connectivity index (χ1n) is 40.3. The van der Waals surface area contributed by atoms with Gasteiger partial charge in [0.1, 0.15) is 72.9 Å². The van der Waals surface area contributed by atoms with Crippen molar-refractivity contribution in [3.8, 4) is 34.8 Å². The minimum absolute atomic E-state index is 0.0210. The van der Waals surface area contributed by atoms with Crippen LogP contribution < -0.4 is 20.1 Å². The molecule has 4 aromatic heterocycles. The number of amides is 3. The molecule has 30 nitrogen and oxygen atoms in total. The van der Waals surface area contributed by atoms with Crippen molar-refractivity contribution in [3.63, 3.8) is 0 Å². The molecule has 2 saturated heterocycles. The fourth-order valence-electron chi connectivity index (χ4n) is 15.2. The van der Waals surface area contributed by atoms with Gasteiger partial charge in [-0.1, -0.05) is 129 Å². The van der Waals surface area contributed by atoms with Crippen LogP contribution >= 0.6 is 16.3 Å². The van der Waals surface area contributed by atoms with Crippen LogP contribution in [-0.2, 0) is 67.7 Å². The summed E-state index contributed by atoms with van der Waals surface area (Å²) in [4.78, 5) is 82.9. The highest BCUT2D eigenvalue weighted by molar-refractivity contribution is 7.48. The van der Waals surface area contributed by atoms with Gasteiger partial charge in [-0.15, -0.1) is 0 Å². The third-order valence-electron chi connectivity index (χ3n) is 21.3. The predicted octanol–water partition coefficient (Wildman–Crippen LogP) is 16.2. The van der Waals surface area contributed by atoms with Crippen molar-refractivity contribution < 1.29 is 74.8 Å². The number of aryl methyl sites for hydroxylation is 1. The number of carbonyl (C=O) groups excluding carboxylic acids is 4. The molecular weight excluding hydrogens is 1570 g/mol. The molecule has 0 radical (unpaired) electrons. The van der Waals surface area contributed by atoms with Crippen LogP contribution in [0, 0.1) is 28.6 Å². The zero-order valence-corrected chi connectivity index (χ0v) is 70.4. The first-order chi connectivity index (χ1) is 58.2. The molecule has 8 atom stereocenters. The number of imidazole rings is 2.